The molecule has 9 nitrogen and oxygen atoms in total. The summed E-state index contributed by atoms with van der Waals surface area (Å²) < 4.78 is 0. The highest BCUT2D eigenvalue weighted by Gasteiger charge is 2.20. The van der Waals surface area contributed by atoms with Gasteiger partial charge in [-0.05, 0) is 45.7 Å². The van der Waals surface area contributed by atoms with Crippen LogP contribution in [-0.2, 0) is 14.4 Å². The lowest BCUT2D eigenvalue weighted by Crippen LogP contribution is -2.34. The third-order valence-electron chi connectivity index (χ3n) is 3.07. The number of nitrogens with one attached hydrogen (secondary N) is 2. The summed E-state index contributed by atoms with van der Waals surface area (Å²) in [5.41, 5.74) is 0. The summed E-state index contributed by atoms with van der Waals surface area (Å²) >= 11 is 0. The van der Waals surface area contributed by atoms with Gasteiger partial charge in [-0.15, -0.1) is 0 Å². The molecule has 0 radical (unpaired) electrons. The second-order valence-corrected chi connectivity index (χ2v) is 5.81. The van der Waals surface area contributed by atoms with E-state index in [9.17, 15) is 14.4 Å². The van der Waals surface area contributed by atoms with Crippen LogP contribution in [0.15, 0.2) is 0 Å². The zero-order chi connectivity index (χ0) is 19.3. The fraction of sp³-hybridized carbons (Fsp3) is 0.800. The van der Waals surface area contributed by atoms with Gasteiger partial charge in [-0.25, -0.2) is 4.79 Å². The number of aliphatic hydroxyl groups excluding tert-OH is 1. The first-order chi connectivity index (χ1) is 11.0. The Labute approximate surface area is 142 Å². The van der Waals surface area contributed by atoms with Crippen LogP contribution in [0.2, 0.25) is 0 Å². The molecule has 1 saturated heterocycles. The molecule has 1 rings (SSSR count). The van der Waals surface area contributed by atoms with E-state index in [0.29, 0.717) is 12.3 Å². The molecule has 142 valence electrons. The van der Waals surface area contributed by atoms with Crippen molar-refractivity contribution in [1.29, 1.82) is 0 Å². The fourth-order valence-corrected chi connectivity index (χ4v) is 1.71. The lowest BCUT2D eigenvalue weighted by molar-refractivity contribution is -0.145. The minimum absolute atomic E-state index is 0.269. The number of hydrogen-bond donors (Lipinski definition) is 6. The quantitative estimate of drug-likeness (QED) is 0.387. The Morgan fingerprint density at radius 3 is 1.75 bits per heavy atom. The van der Waals surface area contributed by atoms with E-state index in [1.807, 2.05) is 13.8 Å². The lowest BCUT2D eigenvalue weighted by atomic mass is 10.0. The van der Waals surface area contributed by atoms with Crippen LogP contribution in [0.3, 0.4) is 0 Å². The highest BCUT2D eigenvalue weighted by atomic mass is 16.4. The zero-order valence-electron chi connectivity index (χ0n) is 14.7. The fourth-order valence-electron chi connectivity index (χ4n) is 1.71. The van der Waals surface area contributed by atoms with E-state index in [1.165, 1.54) is 6.92 Å². The van der Waals surface area contributed by atoms with Crippen molar-refractivity contribution in [2.24, 2.45) is 5.92 Å². The molecule has 0 aromatic rings. The van der Waals surface area contributed by atoms with Gasteiger partial charge in [0.05, 0.1) is 0 Å². The van der Waals surface area contributed by atoms with Gasteiger partial charge in [-0.3, -0.25) is 9.59 Å². The molecule has 0 aromatic heterocycles. The highest BCUT2D eigenvalue weighted by molar-refractivity contribution is 5.73. The minimum atomic E-state index is -1.23. The minimum Gasteiger partial charge on any atom is -0.480 e. The zero-order valence-corrected chi connectivity index (χ0v) is 14.7. The first-order valence-corrected chi connectivity index (χ1v) is 7.80. The van der Waals surface area contributed by atoms with Crippen molar-refractivity contribution < 1.29 is 34.8 Å². The molecule has 1 fully saturated rings. The van der Waals surface area contributed by atoms with Crippen LogP contribution in [0.1, 0.15) is 40.0 Å². The first-order valence-electron chi connectivity index (χ1n) is 7.80. The first kappa shape index (κ1) is 24.5. The van der Waals surface area contributed by atoms with Crippen LogP contribution >= 0.6 is 0 Å². The van der Waals surface area contributed by atoms with Crippen molar-refractivity contribution in [3.05, 3.63) is 0 Å². The molecule has 0 aromatic carbocycles. The van der Waals surface area contributed by atoms with Gasteiger partial charge >= 0.3 is 17.9 Å². The van der Waals surface area contributed by atoms with Crippen LogP contribution < -0.4 is 10.6 Å². The van der Waals surface area contributed by atoms with E-state index >= 15 is 0 Å². The Balaban J connectivity index is 0. The Hall–Kier alpha value is -1.71. The summed E-state index contributed by atoms with van der Waals surface area (Å²) in [4.78, 5) is 30.0. The predicted octanol–water partition coefficient (Wildman–Crippen LogP) is -0.0201. The van der Waals surface area contributed by atoms with Crippen molar-refractivity contribution in [3.8, 4) is 0 Å². The molecule has 1 aliphatic rings. The average Bonchev–Trinajstić information content (AvgIpc) is 2.99. The molecule has 6 N–H and O–H groups in total. The molecule has 1 unspecified atom stereocenters. The molecule has 24 heavy (non-hydrogen) atoms. The largest absolute Gasteiger partial charge is 0.480 e. The molecular weight excluding hydrogens is 320 g/mol. The number of hydrogen-bond acceptors (Lipinski definition) is 6. The number of carbonyl (C=O) groups is 3. The van der Waals surface area contributed by atoms with Gasteiger partial charge in [-0.2, -0.15) is 0 Å². The van der Waals surface area contributed by atoms with E-state index < -0.39 is 24.0 Å². The number of aliphatic hydroxyl groups is 1. The molecule has 1 heterocycles. The Kier molecular flexibility index (Phi) is 14.0. The number of likely N-dealkylation sites (N-methyl/N-ethyl adjacent to an activating group) is 1. The topological polar surface area (TPSA) is 156 Å². The van der Waals surface area contributed by atoms with Crippen molar-refractivity contribution in [1.82, 2.24) is 10.6 Å². The van der Waals surface area contributed by atoms with Crippen molar-refractivity contribution in [2.45, 2.75) is 58.2 Å². The monoisotopic (exact) mass is 350 g/mol. The Morgan fingerprint density at radius 2 is 1.62 bits per heavy atom. The van der Waals surface area contributed by atoms with E-state index in [2.05, 4.69) is 10.6 Å². The Morgan fingerprint density at radius 1 is 1.12 bits per heavy atom. The normalized spacial score (nSPS) is 18.5. The van der Waals surface area contributed by atoms with Crippen LogP contribution in [0.4, 0.5) is 0 Å². The van der Waals surface area contributed by atoms with Gasteiger partial charge in [0.2, 0.25) is 0 Å². The van der Waals surface area contributed by atoms with Gasteiger partial charge in [0.15, 0.2) is 0 Å². The van der Waals surface area contributed by atoms with Crippen LogP contribution in [-0.4, -0.2) is 70.1 Å². The molecule has 1 aliphatic heterocycles. The standard InChI is InChI=1S/C7H15NO2.C5H9NO2.C3H6O3/c1-5(2)4-6(8-3)7(9)10;7-5(8)4-2-1-3-6-4;1-2(4)3(5)6/h5-6,8H,4H2,1-3H3,(H,9,10);4,6H,1-3H2,(H,7,8);2,4H,1H3,(H,5,6)/t;4-;2-/m.00/s1. The van der Waals surface area contributed by atoms with Gasteiger partial charge < -0.3 is 31.1 Å². The summed E-state index contributed by atoms with van der Waals surface area (Å²) in [6.45, 7) is 6.07. The third kappa shape index (κ3) is 13.9. The average molecular weight is 350 g/mol. The number of rotatable bonds is 6. The SMILES string of the molecule is CNC(CC(C)C)C(=O)O.C[C@H](O)C(=O)O.O=C(O)[C@@H]1CCCN1. The Bertz CT molecular complexity index is 380. The highest BCUT2D eigenvalue weighted by Crippen LogP contribution is 2.04. The van der Waals surface area contributed by atoms with E-state index in [0.717, 1.165) is 19.4 Å². The van der Waals surface area contributed by atoms with Crippen molar-refractivity contribution in [3.63, 3.8) is 0 Å². The predicted molar refractivity (Wildman–Crippen MR) is 87.9 cm³/mol. The molecule has 0 spiro atoms. The smallest absolute Gasteiger partial charge is 0.332 e. The summed E-state index contributed by atoms with van der Waals surface area (Å²) in [6, 6.07) is -0.657. The molecule has 0 aliphatic carbocycles. The molecular formula is C15H30N2O7. The van der Waals surface area contributed by atoms with Crippen LogP contribution in [0, 0.1) is 5.92 Å². The number of carboxylic acid groups (broad SMARTS) is 3. The third-order valence-corrected chi connectivity index (χ3v) is 3.07. The van der Waals surface area contributed by atoms with Gasteiger partial charge in [0, 0.05) is 0 Å². The molecule has 3 atom stereocenters. The summed E-state index contributed by atoms with van der Waals surface area (Å²) in [6.07, 6.45) is 1.24. The second kappa shape index (κ2) is 13.7. The molecule has 9 heteroatoms. The number of aliphatic carboxylic acids is 3. The van der Waals surface area contributed by atoms with Crippen molar-refractivity contribution >= 4 is 17.9 Å². The summed E-state index contributed by atoms with van der Waals surface area (Å²) in [7, 11) is 1.67. The van der Waals surface area contributed by atoms with Crippen LogP contribution in [0.5, 0.6) is 0 Å². The van der Waals surface area contributed by atoms with E-state index in [4.69, 9.17) is 20.4 Å². The summed E-state index contributed by atoms with van der Waals surface area (Å²) in [5.74, 6) is -2.25. The maximum absolute atomic E-state index is 10.4. The van der Waals surface area contributed by atoms with Gasteiger partial charge in [0.25, 0.3) is 0 Å². The van der Waals surface area contributed by atoms with Crippen LogP contribution in [0.25, 0.3) is 0 Å². The maximum atomic E-state index is 10.4. The van der Waals surface area contributed by atoms with Crippen molar-refractivity contribution in [2.75, 3.05) is 13.6 Å². The summed E-state index contributed by atoms with van der Waals surface area (Å²) in [5, 5.41) is 38.3. The number of carboxylic acids is 3. The lowest BCUT2D eigenvalue weighted by Gasteiger charge is -2.12. The maximum Gasteiger partial charge on any atom is 0.332 e. The molecule has 0 saturated carbocycles. The van der Waals surface area contributed by atoms with E-state index in [1.54, 1.807) is 7.05 Å². The molecule has 0 bridgehead atoms. The van der Waals surface area contributed by atoms with E-state index in [-0.39, 0.29) is 12.1 Å². The van der Waals surface area contributed by atoms with Gasteiger partial charge in [0.1, 0.15) is 18.2 Å². The second-order valence-electron chi connectivity index (χ2n) is 5.81. The van der Waals surface area contributed by atoms with Gasteiger partial charge in [-0.1, -0.05) is 13.8 Å². The molecule has 0 amide bonds.